The number of nitrogens with zero attached hydrogens (tertiary/aromatic N) is 3. The van der Waals surface area contributed by atoms with E-state index in [0.29, 0.717) is 33.8 Å². The molecule has 0 radical (unpaired) electrons. The fourth-order valence-corrected chi connectivity index (χ4v) is 3.41. The van der Waals surface area contributed by atoms with E-state index in [4.69, 9.17) is 27.9 Å². The Morgan fingerprint density at radius 1 is 1.13 bits per heavy atom. The molecule has 0 saturated heterocycles. The third-order valence-corrected chi connectivity index (χ3v) is 5.47. The number of hydrogen-bond donors (Lipinski definition) is 2. The quantitative estimate of drug-likeness (QED) is 0.418. The van der Waals surface area contributed by atoms with Crippen molar-refractivity contribution in [3.63, 3.8) is 0 Å². The zero-order chi connectivity index (χ0) is 22.0. The maximum absolute atomic E-state index is 12.7. The molecule has 4 aromatic rings. The average Bonchev–Trinajstić information content (AvgIpc) is 3.38. The zero-order valence-corrected chi connectivity index (χ0v) is 18.3. The van der Waals surface area contributed by atoms with Crippen LogP contribution in [0.1, 0.15) is 21.7 Å². The van der Waals surface area contributed by atoms with Gasteiger partial charge in [0.25, 0.3) is 5.91 Å². The number of aromatic nitrogens is 4. The lowest BCUT2D eigenvalue weighted by molar-refractivity contribution is 0.102. The minimum Gasteiger partial charge on any atom is -0.497 e. The highest BCUT2D eigenvalue weighted by atomic mass is 35.5. The normalized spacial score (nSPS) is 10.8. The molecule has 7 nitrogen and oxygen atoms in total. The molecule has 0 aliphatic carbocycles. The van der Waals surface area contributed by atoms with Crippen LogP contribution < -0.4 is 10.1 Å². The highest BCUT2D eigenvalue weighted by Gasteiger charge is 2.14. The zero-order valence-electron chi connectivity index (χ0n) is 16.8. The van der Waals surface area contributed by atoms with Gasteiger partial charge in [-0.05, 0) is 42.8 Å². The number of aryl methyl sites for hydroxylation is 1. The van der Waals surface area contributed by atoms with Crippen molar-refractivity contribution in [1.82, 2.24) is 20.0 Å². The van der Waals surface area contributed by atoms with Crippen LogP contribution in [-0.2, 0) is 6.54 Å². The van der Waals surface area contributed by atoms with E-state index in [-0.39, 0.29) is 5.91 Å². The highest BCUT2D eigenvalue weighted by Crippen LogP contribution is 2.24. The van der Waals surface area contributed by atoms with E-state index < -0.39 is 0 Å². The maximum atomic E-state index is 12.7. The predicted octanol–water partition coefficient (Wildman–Crippen LogP) is 5.20. The van der Waals surface area contributed by atoms with Crippen molar-refractivity contribution in [2.24, 2.45) is 0 Å². The van der Waals surface area contributed by atoms with E-state index in [9.17, 15) is 4.79 Å². The van der Waals surface area contributed by atoms with Gasteiger partial charge in [0.1, 0.15) is 11.4 Å². The second kappa shape index (κ2) is 8.83. The molecule has 0 atom stereocenters. The molecule has 0 bridgehead atoms. The number of ether oxygens (including phenoxy) is 1. The summed E-state index contributed by atoms with van der Waals surface area (Å²) in [5.74, 6) is 0.829. The number of rotatable bonds is 6. The number of benzene rings is 2. The molecule has 2 heterocycles. The number of nitrogens with one attached hydrogen (secondary N) is 2. The number of aromatic amines is 1. The first-order chi connectivity index (χ1) is 14.9. The maximum Gasteiger partial charge on any atom is 0.274 e. The number of halogens is 2. The summed E-state index contributed by atoms with van der Waals surface area (Å²) >= 11 is 12.1. The lowest BCUT2D eigenvalue weighted by atomic mass is 10.1. The molecule has 9 heteroatoms. The van der Waals surface area contributed by atoms with Gasteiger partial charge in [0.2, 0.25) is 0 Å². The lowest BCUT2D eigenvalue weighted by Crippen LogP contribution is -2.13. The van der Waals surface area contributed by atoms with Crippen LogP contribution in [0.25, 0.3) is 11.3 Å². The summed E-state index contributed by atoms with van der Waals surface area (Å²) < 4.78 is 7.02. The Morgan fingerprint density at radius 2 is 1.97 bits per heavy atom. The van der Waals surface area contributed by atoms with Gasteiger partial charge in [-0.25, -0.2) is 0 Å². The van der Waals surface area contributed by atoms with Crippen molar-refractivity contribution in [2.75, 3.05) is 12.4 Å². The van der Waals surface area contributed by atoms with E-state index in [1.165, 1.54) is 0 Å². The smallest absolute Gasteiger partial charge is 0.274 e. The topological polar surface area (TPSA) is 84.8 Å². The molecule has 2 N–H and O–H groups in total. The Morgan fingerprint density at radius 3 is 2.74 bits per heavy atom. The Kier molecular flexibility index (Phi) is 5.97. The fourth-order valence-electron chi connectivity index (χ4n) is 3.09. The van der Waals surface area contributed by atoms with E-state index >= 15 is 0 Å². The molecule has 1 amide bonds. The van der Waals surface area contributed by atoms with Crippen LogP contribution in [0.5, 0.6) is 5.75 Å². The van der Waals surface area contributed by atoms with Crippen LogP contribution in [0.15, 0.2) is 54.6 Å². The van der Waals surface area contributed by atoms with Crippen LogP contribution in [-0.4, -0.2) is 33.0 Å². The summed E-state index contributed by atoms with van der Waals surface area (Å²) in [4.78, 5) is 12.7. The number of anilines is 1. The van der Waals surface area contributed by atoms with Crippen molar-refractivity contribution in [3.05, 3.63) is 81.6 Å². The molecular formula is C22H19Cl2N5O2. The number of carbonyl (C=O) groups excluding carboxylic acids is 1. The van der Waals surface area contributed by atoms with Crippen molar-refractivity contribution in [1.29, 1.82) is 0 Å². The van der Waals surface area contributed by atoms with E-state index in [2.05, 4.69) is 20.6 Å². The van der Waals surface area contributed by atoms with E-state index in [1.54, 1.807) is 36.1 Å². The first kappa shape index (κ1) is 21.0. The number of hydrogen-bond acceptors (Lipinski definition) is 4. The van der Waals surface area contributed by atoms with E-state index in [1.807, 2.05) is 37.3 Å². The molecule has 4 rings (SSSR count). The van der Waals surface area contributed by atoms with Gasteiger partial charge in [-0.1, -0.05) is 41.4 Å². The third-order valence-electron chi connectivity index (χ3n) is 4.73. The summed E-state index contributed by atoms with van der Waals surface area (Å²) in [6, 6.07) is 16.4. The van der Waals surface area contributed by atoms with E-state index in [0.717, 1.165) is 22.6 Å². The van der Waals surface area contributed by atoms with Crippen LogP contribution in [0, 0.1) is 6.92 Å². The number of H-pyrrole nitrogens is 1. The van der Waals surface area contributed by atoms with Crippen molar-refractivity contribution >= 4 is 34.9 Å². The lowest BCUT2D eigenvalue weighted by Gasteiger charge is -2.06. The van der Waals surface area contributed by atoms with Crippen molar-refractivity contribution < 1.29 is 9.53 Å². The standard InChI is InChI=1S/C22H19Cl2N5O2/c1-13-8-21(28-29(13)12-14-6-7-17(23)18(24)9-14)25-22(30)20-11-19(26-27-20)15-4-3-5-16(10-15)31-2/h3-11H,12H2,1-2H3,(H,26,27)(H,25,28,30). The molecule has 2 aromatic carbocycles. The minimum atomic E-state index is -0.333. The third kappa shape index (κ3) is 4.73. The van der Waals surface area contributed by atoms with Crippen LogP contribution in [0.4, 0.5) is 5.82 Å². The summed E-state index contributed by atoms with van der Waals surface area (Å²) in [7, 11) is 1.60. The molecule has 0 aliphatic heterocycles. The van der Waals surface area contributed by atoms with Gasteiger partial charge in [0.05, 0.1) is 29.4 Å². The number of carbonyl (C=O) groups is 1. The Hall–Kier alpha value is -3.29. The van der Waals surface area contributed by atoms with Crippen molar-refractivity contribution in [3.8, 4) is 17.0 Å². The summed E-state index contributed by atoms with van der Waals surface area (Å²) in [5.41, 5.74) is 3.66. The predicted molar refractivity (Wildman–Crippen MR) is 121 cm³/mol. The van der Waals surface area contributed by atoms with Gasteiger partial charge >= 0.3 is 0 Å². The Bertz CT molecular complexity index is 1250. The molecule has 31 heavy (non-hydrogen) atoms. The Balaban J connectivity index is 1.47. The SMILES string of the molecule is COc1cccc(-c2cc(C(=O)Nc3cc(C)n(Cc4ccc(Cl)c(Cl)c4)n3)[nH]n2)c1. The second-order valence-electron chi connectivity index (χ2n) is 6.93. The molecule has 2 aromatic heterocycles. The van der Waals surface area contributed by atoms with Crippen LogP contribution >= 0.6 is 23.2 Å². The average molecular weight is 456 g/mol. The second-order valence-corrected chi connectivity index (χ2v) is 7.74. The van der Waals surface area contributed by atoms with Gasteiger partial charge in [-0.3, -0.25) is 14.6 Å². The number of amides is 1. The molecule has 0 unspecified atom stereocenters. The Labute approximate surface area is 188 Å². The molecule has 0 fully saturated rings. The molecular weight excluding hydrogens is 437 g/mol. The fraction of sp³-hybridized carbons (Fsp3) is 0.136. The summed E-state index contributed by atoms with van der Waals surface area (Å²) in [5, 5.41) is 15.3. The van der Waals surface area contributed by atoms with Crippen LogP contribution in [0.2, 0.25) is 10.0 Å². The first-order valence-corrected chi connectivity index (χ1v) is 10.2. The number of methoxy groups -OCH3 is 1. The van der Waals surface area contributed by atoms with Gasteiger partial charge in [-0.15, -0.1) is 0 Å². The van der Waals surface area contributed by atoms with Gasteiger partial charge in [0.15, 0.2) is 5.82 Å². The summed E-state index contributed by atoms with van der Waals surface area (Å²) in [6.45, 7) is 2.42. The minimum absolute atomic E-state index is 0.328. The van der Waals surface area contributed by atoms with Gasteiger partial charge in [-0.2, -0.15) is 10.2 Å². The molecule has 0 spiro atoms. The molecule has 0 saturated carbocycles. The first-order valence-electron chi connectivity index (χ1n) is 9.42. The van der Waals surface area contributed by atoms with Gasteiger partial charge < -0.3 is 10.1 Å². The molecule has 0 aliphatic rings. The van der Waals surface area contributed by atoms with Crippen LogP contribution in [0.3, 0.4) is 0 Å². The largest absolute Gasteiger partial charge is 0.497 e. The summed E-state index contributed by atoms with van der Waals surface area (Å²) in [6.07, 6.45) is 0. The highest BCUT2D eigenvalue weighted by molar-refractivity contribution is 6.42. The monoisotopic (exact) mass is 455 g/mol. The van der Waals surface area contributed by atoms with Gasteiger partial charge in [0, 0.05) is 17.3 Å². The molecule has 158 valence electrons. The van der Waals surface area contributed by atoms with Crippen molar-refractivity contribution in [2.45, 2.75) is 13.5 Å².